The van der Waals surface area contributed by atoms with Crippen molar-refractivity contribution in [2.75, 3.05) is 12.3 Å². The molecule has 106 valence electrons. The average molecular weight is 277 g/mol. The molecule has 3 atom stereocenters. The predicted octanol–water partition coefficient (Wildman–Crippen LogP) is -1.22. The molecule has 2 aromatic rings. The maximum absolute atomic E-state index is 10.4. The van der Waals surface area contributed by atoms with E-state index in [4.69, 9.17) is 5.73 Å². The molecule has 0 spiro atoms. The van der Waals surface area contributed by atoms with Crippen molar-refractivity contribution in [2.45, 2.75) is 24.2 Å². The van der Waals surface area contributed by atoms with Gasteiger partial charge < -0.3 is 25.6 Å². The van der Waals surface area contributed by atoms with Gasteiger partial charge >= 0.3 is 0 Å². The van der Waals surface area contributed by atoms with Crippen molar-refractivity contribution >= 4 is 17.0 Å². The molecule has 3 rings (SSSR count). The quantitative estimate of drug-likeness (QED) is 0.506. The molecule has 0 radical (unpaired) electrons. The second-order valence-electron chi connectivity index (χ2n) is 5.16. The first-order chi connectivity index (χ1) is 9.42. The van der Waals surface area contributed by atoms with Crippen LogP contribution in [0.15, 0.2) is 24.8 Å². The molecule has 0 unspecified atom stereocenters. The highest BCUT2D eigenvalue weighted by atomic mass is 16.3. The molecule has 8 nitrogen and oxygen atoms in total. The van der Waals surface area contributed by atoms with Crippen LogP contribution in [0.1, 0.15) is 6.92 Å². The van der Waals surface area contributed by atoms with E-state index in [-0.39, 0.29) is 5.82 Å². The van der Waals surface area contributed by atoms with Crippen molar-refractivity contribution in [1.29, 1.82) is 0 Å². The molecule has 0 amide bonds. The molecule has 20 heavy (non-hydrogen) atoms. The molecule has 8 heteroatoms. The highest BCUT2D eigenvalue weighted by Crippen LogP contribution is 2.38. The van der Waals surface area contributed by atoms with E-state index in [0.29, 0.717) is 11.2 Å². The van der Waals surface area contributed by atoms with Crippen molar-refractivity contribution in [3.8, 4) is 0 Å². The third kappa shape index (κ3) is 1.49. The van der Waals surface area contributed by atoms with Crippen LogP contribution in [0.3, 0.4) is 0 Å². The van der Waals surface area contributed by atoms with Crippen LogP contribution in [0.4, 0.5) is 5.82 Å². The third-order valence-corrected chi connectivity index (χ3v) is 3.80. The summed E-state index contributed by atoms with van der Waals surface area (Å²) in [6, 6.07) is 0. The summed E-state index contributed by atoms with van der Waals surface area (Å²) in [6.45, 7) is 1.05. The van der Waals surface area contributed by atoms with Gasteiger partial charge in [-0.3, -0.25) is 0 Å². The maximum atomic E-state index is 10.4. The molecule has 0 bridgehead atoms. The summed E-state index contributed by atoms with van der Waals surface area (Å²) in [5.41, 5.74) is 3.80. The summed E-state index contributed by atoms with van der Waals surface area (Å²) in [7, 11) is 0. The van der Waals surface area contributed by atoms with E-state index >= 15 is 0 Å². The minimum absolute atomic E-state index is 0.213. The molecule has 0 aliphatic heterocycles. The monoisotopic (exact) mass is 277 g/mol. The summed E-state index contributed by atoms with van der Waals surface area (Å²) in [4.78, 5) is 12.0. The molecule has 0 fully saturated rings. The largest absolute Gasteiger partial charge is 0.393 e. The number of anilines is 1. The smallest absolute Gasteiger partial charge is 0.166 e. The fourth-order valence-corrected chi connectivity index (χ4v) is 2.59. The number of aliphatic hydroxyl groups excluding tert-OH is 2. The van der Waals surface area contributed by atoms with E-state index < -0.39 is 23.9 Å². The van der Waals surface area contributed by atoms with E-state index in [1.807, 2.05) is 0 Å². The Bertz CT molecular complexity index is 695. The maximum Gasteiger partial charge on any atom is 0.166 e. The Morgan fingerprint density at radius 2 is 2.10 bits per heavy atom. The van der Waals surface area contributed by atoms with Gasteiger partial charge in [-0.05, 0) is 6.92 Å². The van der Waals surface area contributed by atoms with Gasteiger partial charge in [0.15, 0.2) is 11.5 Å². The minimum atomic E-state index is -1.45. The van der Waals surface area contributed by atoms with Crippen LogP contribution in [-0.4, -0.2) is 53.2 Å². The molecular formula is C12H15N5O3. The molecule has 5 N–H and O–H groups in total. The van der Waals surface area contributed by atoms with E-state index in [0.717, 1.165) is 0 Å². The molecule has 0 saturated carbocycles. The summed E-state index contributed by atoms with van der Waals surface area (Å²) >= 11 is 0. The van der Waals surface area contributed by atoms with Crippen molar-refractivity contribution in [1.82, 2.24) is 19.5 Å². The molecule has 0 saturated heterocycles. The first-order valence-corrected chi connectivity index (χ1v) is 6.08. The Morgan fingerprint density at radius 1 is 1.35 bits per heavy atom. The fraction of sp³-hybridized carbons (Fsp3) is 0.417. The van der Waals surface area contributed by atoms with Gasteiger partial charge in [-0.2, -0.15) is 0 Å². The lowest BCUT2D eigenvalue weighted by atomic mass is 9.90. The van der Waals surface area contributed by atoms with Gasteiger partial charge in [-0.15, -0.1) is 0 Å². The number of imidazole rings is 1. The predicted molar refractivity (Wildman–Crippen MR) is 70.6 cm³/mol. The van der Waals surface area contributed by atoms with Crippen LogP contribution < -0.4 is 5.73 Å². The number of nitrogen functional groups attached to an aromatic ring is 1. The molecular weight excluding hydrogens is 262 g/mol. The van der Waals surface area contributed by atoms with Crippen molar-refractivity contribution in [2.24, 2.45) is 0 Å². The zero-order chi connectivity index (χ0) is 14.5. The summed E-state index contributed by atoms with van der Waals surface area (Å²) in [6.07, 6.45) is 4.46. The summed E-state index contributed by atoms with van der Waals surface area (Å²) in [5.74, 6) is 0.213. The number of aromatic nitrogens is 4. The van der Waals surface area contributed by atoms with Crippen molar-refractivity contribution in [3.05, 3.63) is 24.8 Å². The highest BCUT2D eigenvalue weighted by molar-refractivity contribution is 5.81. The van der Waals surface area contributed by atoms with Gasteiger partial charge in [0.2, 0.25) is 0 Å². The Balaban J connectivity index is 2.24. The van der Waals surface area contributed by atoms with Crippen LogP contribution in [0.2, 0.25) is 0 Å². The molecule has 1 aliphatic carbocycles. The van der Waals surface area contributed by atoms with Crippen LogP contribution in [-0.2, 0) is 5.54 Å². The number of rotatable bonds is 2. The third-order valence-electron chi connectivity index (χ3n) is 3.80. The fourth-order valence-electron chi connectivity index (χ4n) is 2.59. The lowest BCUT2D eigenvalue weighted by molar-refractivity contribution is -0.0749. The van der Waals surface area contributed by atoms with Gasteiger partial charge in [-0.25, -0.2) is 15.0 Å². The number of nitrogens with zero attached hydrogens (tertiary/aromatic N) is 4. The van der Waals surface area contributed by atoms with E-state index in [1.165, 1.54) is 30.2 Å². The van der Waals surface area contributed by atoms with Crippen LogP contribution in [0, 0.1) is 0 Å². The second kappa shape index (κ2) is 3.98. The molecule has 0 aromatic carbocycles. The lowest BCUT2D eigenvalue weighted by Crippen LogP contribution is -2.52. The average Bonchev–Trinajstić information content (AvgIpc) is 2.94. The van der Waals surface area contributed by atoms with Gasteiger partial charge in [0.1, 0.15) is 29.1 Å². The highest BCUT2D eigenvalue weighted by Gasteiger charge is 2.51. The minimum Gasteiger partial charge on any atom is -0.393 e. The topological polar surface area (TPSA) is 130 Å². The standard InChI is InChI=1S/C12H15N5O3/c1-11(20)2-3-12(4-18,10(11)19)17-6-16-7-8(13)14-5-15-9(7)17/h2-3,5-6,10,18-20H,4H2,1H3,(H2,13,14,15)/t10-,11-,12+/m0/s1. The zero-order valence-electron chi connectivity index (χ0n) is 10.8. The molecule has 2 aromatic heterocycles. The first-order valence-electron chi connectivity index (χ1n) is 6.08. The summed E-state index contributed by atoms with van der Waals surface area (Å²) in [5, 5.41) is 30.3. The number of hydrogen-bond acceptors (Lipinski definition) is 7. The first kappa shape index (κ1) is 13.0. The van der Waals surface area contributed by atoms with Crippen molar-refractivity contribution < 1.29 is 15.3 Å². The van der Waals surface area contributed by atoms with Gasteiger partial charge in [0.25, 0.3) is 0 Å². The zero-order valence-corrected chi connectivity index (χ0v) is 10.8. The van der Waals surface area contributed by atoms with Gasteiger partial charge in [0.05, 0.1) is 12.9 Å². The normalized spacial score (nSPS) is 33.1. The van der Waals surface area contributed by atoms with Crippen LogP contribution >= 0.6 is 0 Å². The number of hydrogen-bond donors (Lipinski definition) is 4. The number of aliphatic hydroxyl groups is 3. The van der Waals surface area contributed by atoms with E-state index in [9.17, 15) is 15.3 Å². The van der Waals surface area contributed by atoms with E-state index in [1.54, 1.807) is 6.08 Å². The Hall–Kier alpha value is -2.03. The van der Waals surface area contributed by atoms with Crippen LogP contribution in [0.25, 0.3) is 11.2 Å². The second-order valence-corrected chi connectivity index (χ2v) is 5.16. The Labute approximate surface area is 114 Å². The van der Waals surface area contributed by atoms with E-state index in [2.05, 4.69) is 15.0 Å². The summed E-state index contributed by atoms with van der Waals surface area (Å²) < 4.78 is 1.50. The molecule has 1 aliphatic rings. The number of nitrogens with two attached hydrogens (primary N) is 1. The van der Waals surface area contributed by atoms with Gasteiger partial charge in [-0.1, -0.05) is 12.2 Å². The molecule has 2 heterocycles. The number of fused-ring (bicyclic) bond motifs is 1. The van der Waals surface area contributed by atoms with Crippen LogP contribution in [0.5, 0.6) is 0 Å². The van der Waals surface area contributed by atoms with Gasteiger partial charge in [0, 0.05) is 0 Å². The Kier molecular flexibility index (Phi) is 2.58. The Morgan fingerprint density at radius 3 is 2.70 bits per heavy atom. The lowest BCUT2D eigenvalue weighted by Gasteiger charge is -2.35. The SMILES string of the molecule is C[C@]1(O)C=C[C@](CO)(n2cnc3c(N)ncnc32)[C@H]1O. The van der Waals surface area contributed by atoms with Crippen molar-refractivity contribution in [3.63, 3.8) is 0 Å².